The van der Waals surface area contributed by atoms with Gasteiger partial charge in [0.1, 0.15) is 49.2 Å². The molecule has 3 aliphatic rings. The molecule has 4 N–H and O–H groups in total. The standard InChI is InChI=1S/C27H32N8O10S3/c1-34-26(31-20(37)21(38)32-34)48-11-13-10-46-23-17(30-19(36)16(33-42-2)15-12-47-25(28)29-15)22(39)35(23)18(13)24(40)43-8-9-44-27(41)45-14-6-4-3-5-7-14/h12,14,17,23H,3-11H2,1-2H3,(H2,28,29)(H,30,36)(H,32,38)/b33-16+. The number of esters is 1. The maximum absolute atomic E-state index is 13.5. The Morgan fingerprint density at radius 1 is 1.15 bits per heavy atom. The number of carbonyl (C=O) groups is 4. The van der Waals surface area contributed by atoms with Crippen molar-refractivity contribution in [3.05, 3.63) is 43.1 Å². The number of amides is 2. The van der Waals surface area contributed by atoms with Crippen LogP contribution < -0.4 is 22.2 Å². The second-order valence-corrected chi connectivity index (χ2v) is 13.5. The molecule has 1 saturated carbocycles. The number of nitrogens with one attached hydrogen (secondary N) is 2. The molecule has 2 fully saturated rings. The highest BCUT2D eigenvalue weighted by Crippen LogP contribution is 2.42. The van der Waals surface area contributed by atoms with Gasteiger partial charge in [0.15, 0.2) is 16.0 Å². The Kier molecular flexibility index (Phi) is 11.4. The molecule has 2 aromatic rings. The van der Waals surface area contributed by atoms with Crippen molar-refractivity contribution in [2.24, 2.45) is 12.2 Å². The molecule has 258 valence electrons. The third kappa shape index (κ3) is 8.01. The summed E-state index contributed by atoms with van der Waals surface area (Å²) in [6, 6.07) is -1.03. The Morgan fingerprint density at radius 3 is 2.60 bits per heavy atom. The molecule has 0 bridgehead atoms. The molecule has 1 aliphatic carbocycles. The van der Waals surface area contributed by atoms with Gasteiger partial charge in [-0.3, -0.25) is 33.9 Å². The average molecular weight is 725 g/mol. The Hall–Kier alpha value is -4.37. The van der Waals surface area contributed by atoms with E-state index in [1.54, 1.807) is 0 Å². The summed E-state index contributed by atoms with van der Waals surface area (Å²) in [6.45, 7) is -0.586. The van der Waals surface area contributed by atoms with E-state index in [-0.39, 0.29) is 58.2 Å². The van der Waals surface area contributed by atoms with E-state index in [4.69, 9.17) is 24.8 Å². The SMILES string of the molecule is CO/N=C(/C(=O)NC1C(=O)N2C(C(=O)OCCOC(=O)OC3CCCCC3)=C(CSc3nc(=O)c(=O)[nH]n3C)CSC12)c1csc(N)n1. The van der Waals surface area contributed by atoms with Gasteiger partial charge in [0.25, 0.3) is 11.8 Å². The summed E-state index contributed by atoms with van der Waals surface area (Å²) in [5, 5.41) is 9.94. The lowest BCUT2D eigenvalue weighted by atomic mass is 9.98. The molecule has 21 heteroatoms. The number of thioether (sulfide) groups is 2. The second-order valence-electron chi connectivity index (χ2n) is 10.6. The van der Waals surface area contributed by atoms with Crippen LogP contribution in [-0.4, -0.2) is 104 Å². The quantitative estimate of drug-likeness (QED) is 0.0509. The number of rotatable bonds is 12. The van der Waals surface area contributed by atoms with Crippen LogP contribution in [0.25, 0.3) is 0 Å². The lowest BCUT2D eigenvalue weighted by molar-refractivity contribution is -0.153. The number of thiazole rings is 1. The zero-order valence-electron chi connectivity index (χ0n) is 25.8. The molecule has 4 heterocycles. The number of oxime groups is 1. The molecule has 0 aromatic carbocycles. The fraction of sp³-hybridized carbons (Fsp3) is 0.519. The first-order valence-electron chi connectivity index (χ1n) is 14.7. The average Bonchev–Trinajstić information content (AvgIpc) is 3.50. The number of β-lactam (4-membered cyclic amide) rings is 1. The number of ether oxygens (including phenoxy) is 3. The maximum Gasteiger partial charge on any atom is 0.508 e. The van der Waals surface area contributed by atoms with Gasteiger partial charge in [0, 0.05) is 23.9 Å². The molecule has 2 atom stereocenters. The second kappa shape index (κ2) is 15.7. The zero-order valence-corrected chi connectivity index (χ0v) is 28.2. The minimum Gasteiger partial charge on any atom is -0.457 e. The maximum atomic E-state index is 13.5. The molecule has 5 rings (SSSR count). The van der Waals surface area contributed by atoms with Gasteiger partial charge in [-0.1, -0.05) is 23.3 Å². The van der Waals surface area contributed by atoms with Crippen molar-refractivity contribution in [1.82, 2.24) is 30.0 Å². The summed E-state index contributed by atoms with van der Waals surface area (Å²) in [6.07, 6.45) is 3.53. The molecule has 2 amide bonds. The lowest BCUT2D eigenvalue weighted by Crippen LogP contribution is -2.71. The van der Waals surface area contributed by atoms with Crippen molar-refractivity contribution in [3.8, 4) is 0 Å². The summed E-state index contributed by atoms with van der Waals surface area (Å²) < 4.78 is 17.1. The summed E-state index contributed by atoms with van der Waals surface area (Å²) in [5.41, 5.74) is 4.23. The predicted octanol–water partition coefficient (Wildman–Crippen LogP) is 0.333. The molecule has 2 aromatic heterocycles. The number of fused-ring (bicyclic) bond motifs is 1. The van der Waals surface area contributed by atoms with Crippen molar-refractivity contribution in [3.63, 3.8) is 0 Å². The third-order valence-electron chi connectivity index (χ3n) is 7.36. The van der Waals surface area contributed by atoms with Gasteiger partial charge < -0.3 is 30.1 Å². The lowest BCUT2D eigenvalue weighted by Gasteiger charge is -2.49. The van der Waals surface area contributed by atoms with Gasteiger partial charge in [-0.15, -0.1) is 23.1 Å². The predicted molar refractivity (Wildman–Crippen MR) is 173 cm³/mol. The van der Waals surface area contributed by atoms with Crippen LogP contribution in [0, 0.1) is 0 Å². The molecule has 2 unspecified atom stereocenters. The number of hydrogen-bond acceptors (Lipinski definition) is 17. The summed E-state index contributed by atoms with van der Waals surface area (Å²) in [5.74, 6) is -1.86. The van der Waals surface area contributed by atoms with Crippen LogP contribution in [-0.2, 0) is 40.5 Å². The highest BCUT2D eigenvalue weighted by Gasteiger charge is 2.54. The largest absolute Gasteiger partial charge is 0.508 e. The number of nitrogens with two attached hydrogens (primary N) is 1. The molecule has 0 spiro atoms. The van der Waals surface area contributed by atoms with Crippen LogP contribution in [0.5, 0.6) is 0 Å². The summed E-state index contributed by atoms with van der Waals surface area (Å²) >= 11 is 3.44. The first-order chi connectivity index (χ1) is 23.1. The van der Waals surface area contributed by atoms with Crippen LogP contribution in [0.2, 0.25) is 0 Å². The number of hydrogen-bond donors (Lipinski definition) is 3. The fourth-order valence-corrected chi connectivity index (χ4v) is 8.06. The van der Waals surface area contributed by atoms with Crippen molar-refractivity contribution >= 4 is 69.6 Å². The number of nitrogen functional groups attached to an aromatic ring is 1. The monoisotopic (exact) mass is 724 g/mol. The van der Waals surface area contributed by atoms with E-state index < -0.39 is 46.5 Å². The number of aromatic nitrogens is 4. The van der Waals surface area contributed by atoms with Gasteiger partial charge in [0.05, 0.1) is 0 Å². The fourth-order valence-electron chi connectivity index (χ4n) is 5.11. The molecule has 0 radical (unpaired) electrons. The highest BCUT2D eigenvalue weighted by molar-refractivity contribution is 8.01. The van der Waals surface area contributed by atoms with Crippen LogP contribution >= 0.6 is 34.9 Å². The number of aryl methyl sites for hydroxylation is 1. The minimum absolute atomic E-state index is 0.0565. The number of H-pyrrole nitrogens is 1. The Morgan fingerprint density at radius 2 is 1.90 bits per heavy atom. The smallest absolute Gasteiger partial charge is 0.457 e. The molecule has 18 nitrogen and oxygen atoms in total. The van der Waals surface area contributed by atoms with Gasteiger partial charge in [-0.25, -0.2) is 14.6 Å². The zero-order chi connectivity index (χ0) is 34.4. The topological polar surface area (TPSA) is 239 Å². The number of nitrogens with zero attached hydrogens (tertiary/aromatic N) is 5. The summed E-state index contributed by atoms with van der Waals surface area (Å²) in [4.78, 5) is 89.5. The third-order valence-corrected chi connectivity index (χ3v) is 10.5. The van der Waals surface area contributed by atoms with Crippen LogP contribution in [0.1, 0.15) is 37.8 Å². The van der Waals surface area contributed by atoms with E-state index in [1.807, 2.05) is 0 Å². The van der Waals surface area contributed by atoms with Gasteiger partial charge >= 0.3 is 23.2 Å². The summed E-state index contributed by atoms with van der Waals surface area (Å²) in [7, 11) is 2.75. The first-order valence-corrected chi connectivity index (χ1v) is 17.6. The van der Waals surface area contributed by atoms with Crippen LogP contribution in [0.3, 0.4) is 0 Å². The van der Waals surface area contributed by atoms with Gasteiger partial charge in [0.2, 0.25) is 0 Å². The van der Waals surface area contributed by atoms with E-state index in [0.29, 0.717) is 5.57 Å². The van der Waals surface area contributed by atoms with Gasteiger partial charge in [-0.2, -0.15) is 4.98 Å². The number of carbonyl (C=O) groups excluding carboxylic acids is 4. The van der Waals surface area contributed by atoms with E-state index in [1.165, 1.54) is 40.9 Å². The van der Waals surface area contributed by atoms with Crippen LogP contribution in [0.4, 0.5) is 9.93 Å². The van der Waals surface area contributed by atoms with E-state index in [9.17, 15) is 28.8 Å². The van der Waals surface area contributed by atoms with E-state index >= 15 is 0 Å². The number of anilines is 1. The van der Waals surface area contributed by atoms with E-state index in [2.05, 4.69) is 25.5 Å². The van der Waals surface area contributed by atoms with E-state index in [0.717, 1.165) is 55.2 Å². The van der Waals surface area contributed by atoms with Crippen molar-refractivity contribution in [1.29, 1.82) is 0 Å². The van der Waals surface area contributed by atoms with Crippen molar-refractivity contribution in [2.75, 3.05) is 37.6 Å². The minimum atomic E-state index is -1.03. The Bertz CT molecular complexity index is 1750. The van der Waals surface area contributed by atoms with Crippen molar-refractivity contribution in [2.45, 2.75) is 54.8 Å². The Labute approximate surface area is 284 Å². The molecular weight excluding hydrogens is 693 g/mol. The Balaban J connectivity index is 1.28. The molecule has 2 aliphatic heterocycles. The van der Waals surface area contributed by atoms with Gasteiger partial charge in [-0.05, 0) is 31.3 Å². The number of aromatic amines is 1. The normalized spacial score (nSPS) is 19.7. The molecule has 1 saturated heterocycles. The highest BCUT2D eigenvalue weighted by atomic mass is 32.2. The van der Waals surface area contributed by atoms with Crippen molar-refractivity contribution < 1.29 is 38.2 Å². The van der Waals surface area contributed by atoms with Crippen LogP contribution in [0.15, 0.2) is 36.6 Å². The molecule has 48 heavy (non-hydrogen) atoms. The molecular formula is C27H32N8O10S3. The first kappa shape index (κ1) is 35.0.